The second kappa shape index (κ2) is 19.3. The molecular weight excluding hydrogens is 788 g/mol. The van der Waals surface area contributed by atoms with Crippen molar-refractivity contribution in [2.45, 2.75) is 49.9 Å². The van der Waals surface area contributed by atoms with Gasteiger partial charge in [-0.05, 0) is 79.4 Å². The van der Waals surface area contributed by atoms with Gasteiger partial charge in [-0.2, -0.15) is 0 Å². The van der Waals surface area contributed by atoms with Gasteiger partial charge in [-0.15, -0.1) is 23.1 Å². The summed E-state index contributed by atoms with van der Waals surface area (Å²) in [6, 6.07) is 30.8. The third-order valence-electron chi connectivity index (χ3n) is 8.95. The van der Waals surface area contributed by atoms with Crippen LogP contribution in [0.5, 0.6) is 0 Å². The zero-order valence-corrected chi connectivity index (χ0v) is 33.9. The Kier molecular flexibility index (Phi) is 14.0. The highest BCUT2D eigenvalue weighted by Crippen LogP contribution is 2.39. The summed E-state index contributed by atoms with van der Waals surface area (Å²) in [5.41, 5.74) is 3.69. The largest absolute Gasteiger partial charge is 0.462 e. The lowest BCUT2D eigenvalue weighted by Gasteiger charge is -2.27. The predicted octanol–water partition coefficient (Wildman–Crippen LogP) is 9.71. The van der Waals surface area contributed by atoms with Gasteiger partial charge in [-0.3, -0.25) is 19.3 Å². The first-order valence-electron chi connectivity index (χ1n) is 18.1. The first-order valence-corrected chi connectivity index (χ1v) is 20.6. The SMILES string of the molecule is CCOC(=O)c1c(NC(=O)C(CC)Sc2cccc(NC(=O)/C(=C\c3c(Cl)cccc3Cl)NC(=O)c3ccccc3)c2)sc2c1CCN(Cc1ccccc1)C2. The Morgan fingerprint density at radius 3 is 2.29 bits per heavy atom. The molecule has 0 spiro atoms. The molecule has 0 saturated heterocycles. The van der Waals surface area contributed by atoms with Crippen molar-refractivity contribution in [1.29, 1.82) is 0 Å². The maximum absolute atomic E-state index is 13.9. The van der Waals surface area contributed by atoms with Crippen molar-refractivity contribution in [3.8, 4) is 0 Å². The lowest BCUT2D eigenvalue weighted by molar-refractivity contribution is -0.116. The van der Waals surface area contributed by atoms with Crippen LogP contribution in [0.25, 0.3) is 6.08 Å². The summed E-state index contributed by atoms with van der Waals surface area (Å²) < 4.78 is 5.45. The fourth-order valence-electron chi connectivity index (χ4n) is 6.20. The normalized spacial score (nSPS) is 13.3. The highest BCUT2D eigenvalue weighted by Gasteiger charge is 2.31. The summed E-state index contributed by atoms with van der Waals surface area (Å²) in [6.45, 7) is 6.15. The van der Waals surface area contributed by atoms with Gasteiger partial charge in [0.25, 0.3) is 11.8 Å². The molecule has 5 aromatic rings. The molecule has 288 valence electrons. The van der Waals surface area contributed by atoms with Crippen molar-refractivity contribution < 1.29 is 23.9 Å². The van der Waals surface area contributed by atoms with Crippen molar-refractivity contribution in [3.63, 3.8) is 0 Å². The number of hydrogen-bond donors (Lipinski definition) is 3. The van der Waals surface area contributed by atoms with Crippen molar-refractivity contribution in [2.75, 3.05) is 23.8 Å². The van der Waals surface area contributed by atoms with Crippen LogP contribution in [0.4, 0.5) is 10.7 Å². The standard InChI is InChI=1S/C43H40Cl2N4O5S2/c1-3-36(41(52)48-42-38(43(53)54-4-2)31-21-22-49(26-37(31)56-42)25-27-13-7-5-8-14-27)55-30-18-11-17-29(23-30)46-40(51)35(24-32-33(44)19-12-20-34(32)45)47-39(50)28-15-9-6-10-16-28/h5-20,23-24,36H,3-4,21-22,25-26H2,1-2H3,(H,46,51)(H,47,50)(H,48,52)/b35-24+. The van der Waals surface area contributed by atoms with E-state index in [1.54, 1.807) is 73.7 Å². The molecule has 4 aromatic carbocycles. The number of thioether (sulfide) groups is 1. The van der Waals surface area contributed by atoms with E-state index in [4.69, 9.17) is 27.9 Å². The average molecular weight is 828 g/mol. The fraction of sp³-hybridized carbons (Fsp3) is 0.209. The molecule has 1 atom stereocenters. The van der Waals surface area contributed by atoms with Crippen LogP contribution in [0.1, 0.15) is 62.6 Å². The number of anilines is 2. The summed E-state index contributed by atoms with van der Waals surface area (Å²) in [7, 11) is 0. The minimum Gasteiger partial charge on any atom is -0.462 e. The first kappa shape index (κ1) is 40.7. The Balaban J connectivity index is 1.18. The molecule has 1 unspecified atom stereocenters. The van der Waals surface area contributed by atoms with Gasteiger partial charge >= 0.3 is 5.97 Å². The molecule has 2 heterocycles. The van der Waals surface area contributed by atoms with Gasteiger partial charge in [0, 0.05) is 56.3 Å². The number of ether oxygens (including phenoxy) is 1. The number of benzene rings is 4. The van der Waals surface area contributed by atoms with E-state index in [1.165, 1.54) is 34.7 Å². The lowest BCUT2D eigenvalue weighted by Crippen LogP contribution is -2.30. The van der Waals surface area contributed by atoms with Gasteiger partial charge in [0.05, 0.1) is 17.4 Å². The molecular formula is C43H40Cl2N4O5S2. The number of fused-ring (bicyclic) bond motifs is 1. The Morgan fingerprint density at radius 2 is 1.59 bits per heavy atom. The van der Waals surface area contributed by atoms with Crippen LogP contribution in [0.3, 0.4) is 0 Å². The van der Waals surface area contributed by atoms with E-state index in [1.807, 2.05) is 31.2 Å². The van der Waals surface area contributed by atoms with E-state index >= 15 is 0 Å². The number of nitrogens with zero attached hydrogens (tertiary/aromatic N) is 1. The molecule has 13 heteroatoms. The van der Waals surface area contributed by atoms with Crippen LogP contribution in [0.15, 0.2) is 114 Å². The summed E-state index contributed by atoms with van der Waals surface area (Å²) in [5, 5.41) is 9.22. The van der Waals surface area contributed by atoms with E-state index in [9.17, 15) is 19.2 Å². The molecule has 0 aliphatic carbocycles. The predicted molar refractivity (Wildman–Crippen MR) is 227 cm³/mol. The molecule has 56 heavy (non-hydrogen) atoms. The van der Waals surface area contributed by atoms with Gasteiger partial charge in [-0.1, -0.05) is 90.8 Å². The van der Waals surface area contributed by atoms with E-state index in [0.717, 1.165) is 28.4 Å². The molecule has 3 N–H and O–H groups in total. The smallest absolute Gasteiger partial charge is 0.341 e. The number of amides is 3. The van der Waals surface area contributed by atoms with E-state index in [-0.39, 0.29) is 18.2 Å². The number of nitrogens with one attached hydrogen (secondary N) is 3. The van der Waals surface area contributed by atoms with E-state index < -0.39 is 23.0 Å². The number of thiophene rings is 1. The highest BCUT2D eigenvalue weighted by atomic mass is 35.5. The van der Waals surface area contributed by atoms with Crippen LogP contribution in [0, 0.1) is 0 Å². The third kappa shape index (κ3) is 10.3. The summed E-state index contributed by atoms with van der Waals surface area (Å²) in [5.74, 6) is -1.78. The molecule has 0 fully saturated rings. The topological polar surface area (TPSA) is 117 Å². The minimum absolute atomic E-state index is 0.0723. The van der Waals surface area contributed by atoms with E-state index in [0.29, 0.717) is 56.8 Å². The minimum atomic E-state index is -0.604. The molecule has 1 aromatic heterocycles. The summed E-state index contributed by atoms with van der Waals surface area (Å²) in [6.07, 6.45) is 2.60. The third-order valence-corrected chi connectivity index (χ3v) is 12.1. The molecule has 3 amide bonds. The van der Waals surface area contributed by atoms with Crippen molar-refractivity contribution in [1.82, 2.24) is 10.2 Å². The van der Waals surface area contributed by atoms with Gasteiger partial charge in [0.2, 0.25) is 5.91 Å². The Bertz CT molecular complexity index is 2230. The molecule has 0 bridgehead atoms. The average Bonchev–Trinajstić information content (AvgIpc) is 3.55. The Morgan fingerprint density at radius 1 is 0.893 bits per heavy atom. The number of carbonyl (C=O) groups is 4. The van der Waals surface area contributed by atoms with Crippen molar-refractivity contribution >= 4 is 86.8 Å². The molecule has 9 nitrogen and oxygen atoms in total. The van der Waals surface area contributed by atoms with Gasteiger partial charge in [-0.25, -0.2) is 4.79 Å². The highest BCUT2D eigenvalue weighted by molar-refractivity contribution is 8.00. The first-order chi connectivity index (χ1) is 27.1. The fourth-order valence-corrected chi connectivity index (χ4v) is 9.00. The number of rotatable bonds is 14. The van der Waals surface area contributed by atoms with Crippen LogP contribution < -0.4 is 16.0 Å². The van der Waals surface area contributed by atoms with Crippen molar-refractivity contribution in [2.24, 2.45) is 0 Å². The monoisotopic (exact) mass is 826 g/mol. The van der Waals surface area contributed by atoms with Crippen LogP contribution in [0.2, 0.25) is 10.0 Å². The summed E-state index contributed by atoms with van der Waals surface area (Å²) >= 11 is 15.6. The Hall–Kier alpha value is -4.91. The van der Waals surface area contributed by atoms with Gasteiger partial charge in [0.15, 0.2) is 0 Å². The number of hydrogen-bond acceptors (Lipinski definition) is 8. The zero-order valence-electron chi connectivity index (χ0n) is 30.8. The van der Waals surface area contributed by atoms with Gasteiger partial charge in [0.1, 0.15) is 10.7 Å². The number of esters is 1. The number of halogens is 2. The quantitative estimate of drug-likeness (QED) is 0.0580. The summed E-state index contributed by atoms with van der Waals surface area (Å²) in [4.78, 5) is 58.1. The van der Waals surface area contributed by atoms with Crippen LogP contribution >= 0.6 is 46.3 Å². The molecule has 0 saturated carbocycles. The molecule has 0 radical (unpaired) electrons. The molecule has 1 aliphatic heterocycles. The van der Waals surface area contributed by atoms with E-state index in [2.05, 4.69) is 33.0 Å². The zero-order chi connectivity index (χ0) is 39.6. The second-order valence-electron chi connectivity index (χ2n) is 12.9. The maximum Gasteiger partial charge on any atom is 0.341 e. The maximum atomic E-state index is 13.9. The lowest BCUT2D eigenvalue weighted by atomic mass is 10.0. The molecule has 6 rings (SSSR count). The van der Waals surface area contributed by atoms with Gasteiger partial charge < -0.3 is 20.7 Å². The van der Waals surface area contributed by atoms with Crippen LogP contribution in [-0.4, -0.2) is 47.0 Å². The number of carbonyl (C=O) groups excluding carboxylic acids is 4. The van der Waals surface area contributed by atoms with Crippen molar-refractivity contribution in [3.05, 3.63) is 152 Å². The second-order valence-corrected chi connectivity index (χ2v) is 16.1. The Labute approximate surface area is 344 Å². The molecule has 1 aliphatic rings. The van der Waals surface area contributed by atoms with Crippen LogP contribution in [-0.2, 0) is 33.8 Å².